The second-order valence-corrected chi connectivity index (χ2v) is 5.85. The number of amides is 2. The Kier molecular flexibility index (Phi) is 6.28. The molecule has 1 aliphatic carbocycles. The molecule has 0 radical (unpaired) electrons. The van der Waals surface area contributed by atoms with Crippen molar-refractivity contribution in [2.24, 2.45) is 11.7 Å². The molecule has 2 unspecified atom stereocenters. The zero-order valence-electron chi connectivity index (χ0n) is 12.3. The number of nitrogens with two attached hydrogens (primary N) is 1. The Morgan fingerprint density at radius 3 is 2.47 bits per heavy atom. The van der Waals surface area contributed by atoms with Crippen LogP contribution in [0.2, 0.25) is 0 Å². The van der Waals surface area contributed by atoms with E-state index in [0.717, 1.165) is 32.1 Å². The number of nitrogens with zero attached hydrogens (tertiary/aromatic N) is 1. The second kappa shape index (κ2) is 7.48. The molecule has 1 fully saturated rings. The SMILES string of the molecule is CC(N)CCCC(C)C(=O)N(C)CC(=O)NC1CC1. The van der Waals surface area contributed by atoms with Gasteiger partial charge in [0.25, 0.3) is 0 Å². The Hall–Kier alpha value is -1.10. The molecule has 0 spiro atoms. The molecule has 110 valence electrons. The summed E-state index contributed by atoms with van der Waals surface area (Å²) in [5, 5.41) is 2.89. The van der Waals surface area contributed by atoms with E-state index >= 15 is 0 Å². The van der Waals surface area contributed by atoms with Gasteiger partial charge in [0.2, 0.25) is 11.8 Å². The first-order chi connectivity index (χ1) is 8.90. The lowest BCUT2D eigenvalue weighted by Gasteiger charge is -2.21. The Morgan fingerprint density at radius 1 is 1.32 bits per heavy atom. The summed E-state index contributed by atoms with van der Waals surface area (Å²) in [5.74, 6) is -0.0609. The van der Waals surface area contributed by atoms with Crippen molar-refractivity contribution >= 4 is 11.8 Å². The van der Waals surface area contributed by atoms with E-state index in [4.69, 9.17) is 5.73 Å². The maximum Gasteiger partial charge on any atom is 0.239 e. The zero-order chi connectivity index (χ0) is 14.4. The van der Waals surface area contributed by atoms with Crippen LogP contribution in [0.3, 0.4) is 0 Å². The molecule has 5 heteroatoms. The van der Waals surface area contributed by atoms with Crippen molar-refractivity contribution in [1.82, 2.24) is 10.2 Å². The first-order valence-corrected chi connectivity index (χ1v) is 7.20. The monoisotopic (exact) mass is 269 g/mol. The van der Waals surface area contributed by atoms with Gasteiger partial charge in [-0.25, -0.2) is 0 Å². The molecule has 1 saturated carbocycles. The van der Waals surface area contributed by atoms with Crippen LogP contribution >= 0.6 is 0 Å². The molecule has 3 N–H and O–H groups in total. The maximum absolute atomic E-state index is 12.1. The number of carbonyl (C=O) groups is 2. The van der Waals surface area contributed by atoms with Gasteiger partial charge in [0, 0.05) is 25.0 Å². The molecule has 0 bridgehead atoms. The van der Waals surface area contributed by atoms with Gasteiger partial charge < -0.3 is 16.0 Å². The third kappa shape index (κ3) is 6.57. The second-order valence-electron chi connectivity index (χ2n) is 5.85. The first kappa shape index (κ1) is 16.0. The van der Waals surface area contributed by atoms with Crippen molar-refractivity contribution in [3.8, 4) is 0 Å². The minimum absolute atomic E-state index is 0.0376. The van der Waals surface area contributed by atoms with Gasteiger partial charge in [0.1, 0.15) is 0 Å². The molecule has 0 heterocycles. The number of rotatable bonds is 8. The van der Waals surface area contributed by atoms with Crippen LogP contribution in [0.5, 0.6) is 0 Å². The van der Waals surface area contributed by atoms with E-state index in [1.165, 1.54) is 4.90 Å². The van der Waals surface area contributed by atoms with Crippen molar-refractivity contribution in [2.45, 2.75) is 58.0 Å². The van der Waals surface area contributed by atoms with Crippen LogP contribution in [0.4, 0.5) is 0 Å². The van der Waals surface area contributed by atoms with E-state index in [1.54, 1.807) is 7.05 Å². The molecule has 1 rings (SSSR count). The lowest BCUT2D eigenvalue weighted by molar-refractivity contribution is -0.137. The fourth-order valence-corrected chi connectivity index (χ4v) is 2.04. The standard InChI is InChI=1S/C14H27N3O2/c1-10(5-4-6-11(2)15)14(19)17(3)9-13(18)16-12-7-8-12/h10-12H,4-9,15H2,1-3H3,(H,16,18). The van der Waals surface area contributed by atoms with Crippen molar-refractivity contribution in [1.29, 1.82) is 0 Å². The molecular weight excluding hydrogens is 242 g/mol. The van der Waals surface area contributed by atoms with Crippen LogP contribution in [0, 0.1) is 5.92 Å². The van der Waals surface area contributed by atoms with Crippen LogP contribution < -0.4 is 11.1 Å². The summed E-state index contributed by atoms with van der Waals surface area (Å²) in [5.41, 5.74) is 5.68. The third-order valence-electron chi connectivity index (χ3n) is 3.42. The summed E-state index contributed by atoms with van der Waals surface area (Å²) in [4.78, 5) is 25.2. The highest BCUT2D eigenvalue weighted by Gasteiger charge is 2.25. The van der Waals surface area contributed by atoms with Crippen LogP contribution in [-0.4, -0.2) is 42.4 Å². The molecule has 0 saturated heterocycles. The van der Waals surface area contributed by atoms with Gasteiger partial charge in [-0.05, 0) is 32.6 Å². The summed E-state index contributed by atoms with van der Waals surface area (Å²) >= 11 is 0. The molecule has 0 aromatic heterocycles. The third-order valence-corrected chi connectivity index (χ3v) is 3.42. The fourth-order valence-electron chi connectivity index (χ4n) is 2.04. The van der Waals surface area contributed by atoms with Gasteiger partial charge >= 0.3 is 0 Å². The molecule has 0 aromatic carbocycles. The maximum atomic E-state index is 12.1. The van der Waals surface area contributed by atoms with E-state index in [0.29, 0.717) is 6.04 Å². The van der Waals surface area contributed by atoms with Crippen molar-refractivity contribution < 1.29 is 9.59 Å². The summed E-state index contributed by atoms with van der Waals surface area (Å²) in [6, 6.07) is 0.531. The molecule has 19 heavy (non-hydrogen) atoms. The molecule has 5 nitrogen and oxygen atoms in total. The van der Waals surface area contributed by atoms with Gasteiger partial charge in [-0.1, -0.05) is 13.3 Å². The van der Waals surface area contributed by atoms with Gasteiger partial charge in [0.15, 0.2) is 0 Å². The fraction of sp³-hybridized carbons (Fsp3) is 0.857. The van der Waals surface area contributed by atoms with Crippen molar-refractivity contribution in [3.05, 3.63) is 0 Å². The number of nitrogens with one attached hydrogen (secondary N) is 1. The van der Waals surface area contributed by atoms with E-state index in [9.17, 15) is 9.59 Å². The highest BCUT2D eigenvalue weighted by molar-refractivity contribution is 5.85. The number of likely N-dealkylation sites (N-methyl/N-ethyl adjacent to an activating group) is 1. The normalized spacial score (nSPS) is 17.7. The average Bonchev–Trinajstić information content (AvgIpc) is 3.10. The summed E-state index contributed by atoms with van der Waals surface area (Å²) in [6.45, 7) is 4.05. The average molecular weight is 269 g/mol. The minimum atomic E-state index is -0.0545. The number of carbonyl (C=O) groups excluding carboxylic acids is 2. The predicted molar refractivity (Wildman–Crippen MR) is 75.5 cm³/mol. The Balaban J connectivity index is 2.23. The van der Waals surface area contributed by atoms with Gasteiger partial charge in [-0.3, -0.25) is 9.59 Å². The van der Waals surface area contributed by atoms with E-state index in [-0.39, 0.29) is 30.3 Å². The van der Waals surface area contributed by atoms with Crippen LogP contribution in [0.15, 0.2) is 0 Å². The summed E-state index contributed by atoms with van der Waals surface area (Å²) in [6.07, 6.45) is 4.85. The smallest absolute Gasteiger partial charge is 0.239 e. The van der Waals surface area contributed by atoms with Gasteiger partial charge in [0.05, 0.1) is 6.54 Å². The molecule has 0 aliphatic heterocycles. The molecular formula is C14H27N3O2. The predicted octanol–water partition coefficient (Wildman–Crippen LogP) is 0.877. The lowest BCUT2D eigenvalue weighted by Crippen LogP contribution is -2.41. The lowest BCUT2D eigenvalue weighted by atomic mass is 10.0. The van der Waals surface area contributed by atoms with Crippen molar-refractivity contribution in [2.75, 3.05) is 13.6 Å². The highest BCUT2D eigenvalue weighted by Crippen LogP contribution is 2.18. The largest absolute Gasteiger partial charge is 0.352 e. The number of hydrogen-bond acceptors (Lipinski definition) is 3. The first-order valence-electron chi connectivity index (χ1n) is 7.20. The molecule has 0 aromatic rings. The van der Waals surface area contributed by atoms with Gasteiger partial charge in [-0.2, -0.15) is 0 Å². The van der Waals surface area contributed by atoms with Crippen LogP contribution in [0.25, 0.3) is 0 Å². The number of hydrogen-bond donors (Lipinski definition) is 2. The Bertz CT molecular complexity index is 314. The van der Waals surface area contributed by atoms with E-state index < -0.39 is 0 Å². The topological polar surface area (TPSA) is 75.4 Å². The van der Waals surface area contributed by atoms with E-state index in [1.807, 2.05) is 13.8 Å². The van der Waals surface area contributed by atoms with Crippen molar-refractivity contribution in [3.63, 3.8) is 0 Å². The summed E-state index contributed by atoms with van der Waals surface area (Å²) < 4.78 is 0. The summed E-state index contributed by atoms with van der Waals surface area (Å²) in [7, 11) is 1.69. The molecule has 1 aliphatic rings. The zero-order valence-corrected chi connectivity index (χ0v) is 12.3. The van der Waals surface area contributed by atoms with Crippen LogP contribution in [0.1, 0.15) is 46.0 Å². The highest BCUT2D eigenvalue weighted by atomic mass is 16.2. The van der Waals surface area contributed by atoms with Gasteiger partial charge in [-0.15, -0.1) is 0 Å². The minimum Gasteiger partial charge on any atom is -0.352 e. The quantitative estimate of drug-likeness (QED) is 0.687. The Morgan fingerprint density at radius 2 is 1.95 bits per heavy atom. The van der Waals surface area contributed by atoms with Crippen LogP contribution in [-0.2, 0) is 9.59 Å². The Labute approximate surface area is 115 Å². The molecule has 2 atom stereocenters. The molecule has 2 amide bonds. The van der Waals surface area contributed by atoms with E-state index in [2.05, 4.69) is 5.32 Å².